The molecule has 1 atom stereocenters. The van der Waals surface area contributed by atoms with Crippen LogP contribution in [0.2, 0.25) is 0 Å². The molecule has 1 fully saturated rings. The number of carbonyl (C=O) groups is 1. The van der Waals surface area contributed by atoms with Crippen LogP contribution in [-0.2, 0) is 9.47 Å². The van der Waals surface area contributed by atoms with Crippen molar-refractivity contribution in [3.05, 3.63) is 35.5 Å². The second kappa shape index (κ2) is 7.02. The molecule has 0 spiro atoms. The molecule has 0 amide bonds. The van der Waals surface area contributed by atoms with Gasteiger partial charge in [-0.15, -0.1) is 0 Å². The molecule has 1 aliphatic rings. The number of carboxylic acids is 1. The Kier molecular flexibility index (Phi) is 5.10. The highest BCUT2D eigenvalue weighted by atomic mass is 16.7. The van der Waals surface area contributed by atoms with Gasteiger partial charge < -0.3 is 24.5 Å². The standard InChI is InChI=1S/C20H28N2O4/c1-12-17(18(23)24)15-8-6-7-9-16(15)22(12)13(2)19-25-10-14(11-26-19)21-20(3,4)5/h6-9,13-14,19,21H,10-11H2,1-5H3,(H,23,24). The van der Waals surface area contributed by atoms with E-state index < -0.39 is 12.3 Å². The highest BCUT2D eigenvalue weighted by Gasteiger charge is 2.32. The molecule has 142 valence electrons. The molecule has 0 radical (unpaired) electrons. The Morgan fingerprint density at radius 1 is 1.27 bits per heavy atom. The van der Waals surface area contributed by atoms with Crippen LogP contribution in [0.15, 0.2) is 24.3 Å². The Morgan fingerprint density at radius 2 is 1.88 bits per heavy atom. The summed E-state index contributed by atoms with van der Waals surface area (Å²) >= 11 is 0. The largest absolute Gasteiger partial charge is 0.478 e. The fourth-order valence-corrected chi connectivity index (χ4v) is 3.80. The highest BCUT2D eigenvalue weighted by molar-refractivity contribution is 6.05. The molecule has 26 heavy (non-hydrogen) atoms. The summed E-state index contributed by atoms with van der Waals surface area (Å²) in [4.78, 5) is 11.7. The predicted octanol–water partition coefficient (Wildman–Crippen LogP) is 3.34. The molecule has 2 aromatic rings. The van der Waals surface area contributed by atoms with Crippen LogP contribution < -0.4 is 5.32 Å². The molecule has 1 unspecified atom stereocenters. The van der Waals surface area contributed by atoms with Crippen molar-refractivity contribution in [2.75, 3.05) is 13.2 Å². The van der Waals surface area contributed by atoms with Crippen LogP contribution in [0.1, 0.15) is 49.8 Å². The van der Waals surface area contributed by atoms with Crippen LogP contribution >= 0.6 is 0 Å². The lowest BCUT2D eigenvalue weighted by Crippen LogP contribution is -2.52. The van der Waals surface area contributed by atoms with Crippen LogP contribution in [-0.4, -0.2) is 46.7 Å². The van der Waals surface area contributed by atoms with Gasteiger partial charge in [0.05, 0.1) is 30.9 Å². The number of nitrogens with one attached hydrogen (secondary N) is 1. The zero-order valence-corrected chi connectivity index (χ0v) is 16.1. The second-order valence-corrected chi connectivity index (χ2v) is 8.02. The van der Waals surface area contributed by atoms with Crippen LogP contribution in [0.4, 0.5) is 0 Å². The summed E-state index contributed by atoms with van der Waals surface area (Å²) in [6.07, 6.45) is -0.413. The predicted molar refractivity (Wildman–Crippen MR) is 101 cm³/mol. The van der Waals surface area contributed by atoms with Crippen LogP contribution in [0.3, 0.4) is 0 Å². The first kappa shape index (κ1) is 18.9. The SMILES string of the molecule is Cc1c(C(=O)O)c2ccccc2n1C(C)C1OCC(NC(C)(C)C)CO1. The van der Waals surface area contributed by atoms with Crippen molar-refractivity contribution in [1.29, 1.82) is 0 Å². The van der Waals surface area contributed by atoms with Gasteiger partial charge in [-0.25, -0.2) is 4.79 Å². The number of aromatic carboxylic acids is 1. The van der Waals surface area contributed by atoms with E-state index >= 15 is 0 Å². The average molecular weight is 360 g/mol. The molecule has 0 bridgehead atoms. The molecular weight excluding hydrogens is 332 g/mol. The quantitative estimate of drug-likeness (QED) is 0.875. The zero-order chi connectivity index (χ0) is 19.1. The van der Waals surface area contributed by atoms with E-state index in [4.69, 9.17) is 9.47 Å². The van der Waals surface area contributed by atoms with Crippen LogP contribution in [0.25, 0.3) is 10.9 Å². The summed E-state index contributed by atoms with van der Waals surface area (Å²) in [5.41, 5.74) is 1.94. The normalized spacial score (nSPS) is 22.5. The maximum atomic E-state index is 11.7. The summed E-state index contributed by atoms with van der Waals surface area (Å²) in [5.74, 6) is -0.912. The van der Waals surface area contributed by atoms with E-state index in [0.29, 0.717) is 24.5 Å². The molecule has 1 aliphatic heterocycles. The Morgan fingerprint density at radius 3 is 2.46 bits per heavy atom. The van der Waals surface area contributed by atoms with Gasteiger partial charge >= 0.3 is 5.97 Å². The van der Waals surface area contributed by atoms with Gasteiger partial charge in [0.25, 0.3) is 0 Å². The van der Waals surface area contributed by atoms with Gasteiger partial charge in [-0.05, 0) is 40.7 Å². The lowest BCUT2D eigenvalue weighted by atomic mass is 10.1. The van der Waals surface area contributed by atoms with Crippen LogP contribution in [0, 0.1) is 6.92 Å². The molecule has 6 nitrogen and oxygen atoms in total. The molecule has 0 saturated carbocycles. The zero-order valence-electron chi connectivity index (χ0n) is 16.1. The van der Waals surface area contributed by atoms with Gasteiger partial charge in [-0.3, -0.25) is 0 Å². The third-order valence-corrected chi connectivity index (χ3v) is 4.73. The van der Waals surface area contributed by atoms with Crippen molar-refractivity contribution in [1.82, 2.24) is 9.88 Å². The number of benzene rings is 1. The van der Waals surface area contributed by atoms with Gasteiger partial charge in [0.2, 0.25) is 0 Å². The fourth-order valence-electron chi connectivity index (χ4n) is 3.80. The third kappa shape index (κ3) is 3.63. The number of fused-ring (bicyclic) bond motifs is 1. The van der Waals surface area contributed by atoms with Gasteiger partial charge in [0, 0.05) is 22.1 Å². The molecule has 0 aliphatic carbocycles. The number of hydrogen-bond acceptors (Lipinski definition) is 4. The molecule has 1 saturated heterocycles. The Balaban J connectivity index is 1.84. The first-order valence-corrected chi connectivity index (χ1v) is 9.03. The minimum absolute atomic E-state index is 0.000549. The van der Waals surface area contributed by atoms with Gasteiger partial charge in [0.15, 0.2) is 6.29 Å². The number of ether oxygens (including phenoxy) is 2. The van der Waals surface area contributed by atoms with E-state index in [2.05, 4.69) is 26.1 Å². The number of rotatable bonds is 4. The van der Waals surface area contributed by atoms with Crippen molar-refractivity contribution in [2.24, 2.45) is 0 Å². The van der Waals surface area contributed by atoms with E-state index in [-0.39, 0.29) is 17.6 Å². The smallest absolute Gasteiger partial charge is 0.338 e. The topological polar surface area (TPSA) is 72.7 Å². The van der Waals surface area contributed by atoms with Crippen molar-refractivity contribution in [2.45, 2.75) is 58.5 Å². The minimum atomic E-state index is -0.912. The van der Waals surface area contributed by atoms with Crippen molar-refractivity contribution in [3.63, 3.8) is 0 Å². The summed E-state index contributed by atoms with van der Waals surface area (Å²) < 4.78 is 14.0. The minimum Gasteiger partial charge on any atom is -0.478 e. The molecular formula is C20H28N2O4. The summed E-state index contributed by atoms with van der Waals surface area (Å²) in [5, 5.41) is 13.9. The lowest BCUT2D eigenvalue weighted by molar-refractivity contribution is -0.209. The number of carboxylic acid groups (broad SMARTS) is 1. The van der Waals surface area contributed by atoms with Gasteiger partial charge in [0.1, 0.15) is 0 Å². The average Bonchev–Trinajstić information content (AvgIpc) is 2.85. The van der Waals surface area contributed by atoms with Gasteiger partial charge in [-0.1, -0.05) is 18.2 Å². The Labute approximate surface area is 154 Å². The van der Waals surface area contributed by atoms with E-state index in [1.807, 2.05) is 42.7 Å². The van der Waals surface area contributed by atoms with E-state index in [1.165, 1.54) is 0 Å². The van der Waals surface area contributed by atoms with Crippen molar-refractivity contribution < 1.29 is 19.4 Å². The molecule has 3 rings (SSSR count). The van der Waals surface area contributed by atoms with Crippen molar-refractivity contribution in [3.8, 4) is 0 Å². The summed E-state index contributed by atoms with van der Waals surface area (Å²) in [6, 6.07) is 7.58. The first-order chi connectivity index (χ1) is 12.2. The second-order valence-electron chi connectivity index (χ2n) is 8.02. The number of para-hydroxylation sites is 1. The molecule has 2 N–H and O–H groups in total. The van der Waals surface area contributed by atoms with E-state index in [9.17, 15) is 9.90 Å². The van der Waals surface area contributed by atoms with E-state index in [0.717, 1.165) is 10.9 Å². The fraction of sp³-hybridized carbons (Fsp3) is 0.550. The summed E-state index contributed by atoms with van der Waals surface area (Å²) in [6.45, 7) is 11.3. The van der Waals surface area contributed by atoms with Crippen molar-refractivity contribution >= 4 is 16.9 Å². The lowest BCUT2D eigenvalue weighted by Gasteiger charge is -2.37. The number of aromatic nitrogens is 1. The Hall–Kier alpha value is -1.89. The van der Waals surface area contributed by atoms with E-state index in [1.54, 1.807) is 0 Å². The monoisotopic (exact) mass is 360 g/mol. The van der Waals surface area contributed by atoms with Crippen LogP contribution in [0.5, 0.6) is 0 Å². The third-order valence-electron chi connectivity index (χ3n) is 4.73. The number of hydrogen-bond donors (Lipinski definition) is 2. The molecule has 1 aromatic heterocycles. The maximum Gasteiger partial charge on any atom is 0.338 e. The molecule has 6 heteroatoms. The molecule has 2 heterocycles. The first-order valence-electron chi connectivity index (χ1n) is 9.03. The maximum absolute atomic E-state index is 11.7. The highest BCUT2D eigenvalue weighted by Crippen LogP contribution is 2.32. The van der Waals surface area contributed by atoms with Gasteiger partial charge in [-0.2, -0.15) is 0 Å². The molecule has 1 aromatic carbocycles. The summed E-state index contributed by atoms with van der Waals surface area (Å²) in [7, 11) is 0. The number of nitrogens with zero attached hydrogens (tertiary/aromatic N) is 1. The Bertz CT molecular complexity index is 798.